The first kappa shape index (κ1) is 14.7. The van der Waals surface area contributed by atoms with Gasteiger partial charge in [0.05, 0.1) is 12.2 Å². The highest BCUT2D eigenvalue weighted by Gasteiger charge is 2.09. The Hall–Kier alpha value is -1.36. The molecule has 1 heterocycles. The minimum atomic E-state index is 0.0936. The van der Waals surface area contributed by atoms with Gasteiger partial charge in [-0.1, -0.05) is 13.3 Å². The van der Waals surface area contributed by atoms with Crippen LogP contribution in [0.4, 0.5) is 0 Å². The van der Waals surface area contributed by atoms with E-state index < -0.39 is 0 Å². The van der Waals surface area contributed by atoms with E-state index in [1.807, 2.05) is 19.3 Å². The molecule has 0 aliphatic rings. The second-order valence-corrected chi connectivity index (χ2v) is 4.65. The fraction of sp³-hybridized carbons (Fsp3) is 0.692. The first-order chi connectivity index (χ1) is 8.65. The van der Waals surface area contributed by atoms with Gasteiger partial charge < -0.3 is 11.1 Å². The van der Waals surface area contributed by atoms with Crippen LogP contribution in [0.15, 0.2) is 12.3 Å². The van der Waals surface area contributed by atoms with Crippen LogP contribution >= 0.6 is 0 Å². The van der Waals surface area contributed by atoms with E-state index in [-0.39, 0.29) is 5.91 Å². The Labute approximate surface area is 109 Å². The number of nitrogens with one attached hydrogen (secondary N) is 1. The van der Waals surface area contributed by atoms with E-state index in [9.17, 15) is 4.79 Å². The Kier molecular flexibility index (Phi) is 6.43. The zero-order chi connectivity index (χ0) is 13.4. The highest BCUT2D eigenvalue weighted by molar-refractivity contribution is 5.75. The molecule has 1 aromatic rings. The van der Waals surface area contributed by atoms with E-state index in [4.69, 9.17) is 5.73 Å². The Balaban J connectivity index is 2.21. The van der Waals surface area contributed by atoms with Crippen molar-refractivity contribution in [2.24, 2.45) is 18.7 Å². The van der Waals surface area contributed by atoms with E-state index in [2.05, 4.69) is 17.3 Å². The van der Waals surface area contributed by atoms with Crippen LogP contribution in [0.1, 0.15) is 38.3 Å². The topological polar surface area (TPSA) is 72.9 Å². The van der Waals surface area contributed by atoms with Crippen molar-refractivity contribution in [1.82, 2.24) is 15.1 Å². The van der Waals surface area contributed by atoms with Gasteiger partial charge >= 0.3 is 0 Å². The Morgan fingerprint density at radius 1 is 1.56 bits per heavy atom. The summed E-state index contributed by atoms with van der Waals surface area (Å²) in [6.07, 6.45) is 5.46. The number of hydrogen-bond acceptors (Lipinski definition) is 3. The summed E-state index contributed by atoms with van der Waals surface area (Å²) in [6.45, 7) is 3.35. The molecule has 0 aromatic carbocycles. The summed E-state index contributed by atoms with van der Waals surface area (Å²) in [6, 6.07) is 1.91. The van der Waals surface area contributed by atoms with E-state index in [1.54, 1.807) is 4.68 Å². The number of aryl methyl sites for hydroxylation is 1. The maximum atomic E-state index is 11.7. The number of nitrogens with two attached hydrogens (primary N) is 1. The summed E-state index contributed by atoms with van der Waals surface area (Å²) in [7, 11) is 1.87. The quantitative estimate of drug-likeness (QED) is 0.730. The van der Waals surface area contributed by atoms with Crippen LogP contribution < -0.4 is 11.1 Å². The van der Waals surface area contributed by atoms with Gasteiger partial charge in [-0.05, 0) is 31.4 Å². The van der Waals surface area contributed by atoms with Gasteiger partial charge in [-0.25, -0.2) is 0 Å². The van der Waals surface area contributed by atoms with E-state index >= 15 is 0 Å². The Morgan fingerprint density at radius 3 is 2.89 bits per heavy atom. The predicted molar refractivity (Wildman–Crippen MR) is 71.7 cm³/mol. The van der Waals surface area contributed by atoms with Gasteiger partial charge in [0, 0.05) is 19.7 Å². The number of aromatic nitrogens is 2. The molecule has 5 nitrogen and oxygen atoms in total. The van der Waals surface area contributed by atoms with Crippen molar-refractivity contribution in [2.45, 2.75) is 39.2 Å². The van der Waals surface area contributed by atoms with Gasteiger partial charge in [0.2, 0.25) is 5.91 Å². The molecule has 1 aromatic heterocycles. The molecule has 1 rings (SSSR count). The SMILES string of the molecule is CCC(CCN)CCC(=O)NCc1ccn(C)n1. The van der Waals surface area contributed by atoms with Crippen LogP contribution in [0.2, 0.25) is 0 Å². The lowest BCUT2D eigenvalue weighted by atomic mass is 9.96. The molecule has 18 heavy (non-hydrogen) atoms. The molecule has 0 saturated heterocycles. The van der Waals surface area contributed by atoms with Gasteiger partial charge in [-0.3, -0.25) is 9.48 Å². The normalized spacial score (nSPS) is 12.4. The third kappa shape index (κ3) is 5.31. The summed E-state index contributed by atoms with van der Waals surface area (Å²) >= 11 is 0. The summed E-state index contributed by atoms with van der Waals surface area (Å²) in [5.74, 6) is 0.659. The number of amides is 1. The maximum absolute atomic E-state index is 11.7. The Bertz CT molecular complexity index is 362. The fourth-order valence-corrected chi connectivity index (χ4v) is 1.96. The van der Waals surface area contributed by atoms with E-state index in [0.29, 0.717) is 25.4 Å². The molecule has 0 aliphatic carbocycles. The lowest BCUT2D eigenvalue weighted by Crippen LogP contribution is -2.23. The smallest absolute Gasteiger partial charge is 0.220 e. The molecule has 0 fully saturated rings. The van der Waals surface area contributed by atoms with Crippen molar-refractivity contribution >= 4 is 5.91 Å². The molecular formula is C13H24N4O. The molecule has 0 saturated carbocycles. The van der Waals surface area contributed by atoms with Crippen molar-refractivity contribution in [3.63, 3.8) is 0 Å². The second-order valence-electron chi connectivity index (χ2n) is 4.65. The van der Waals surface area contributed by atoms with E-state index in [1.165, 1.54) is 0 Å². The fourth-order valence-electron chi connectivity index (χ4n) is 1.96. The van der Waals surface area contributed by atoms with Crippen molar-refractivity contribution in [3.05, 3.63) is 18.0 Å². The molecule has 102 valence electrons. The van der Waals surface area contributed by atoms with Crippen LogP contribution in [0, 0.1) is 5.92 Å². The van der Waals surface area contributed by atoms with Crippen LogP contribution in [0.5, 0.6) is 0 Å². The Morgan fingerprint density at radius 2 is 2.33 bits per heavy atom. The first-order valence-electron chi connectivity index (χ1n) is 6.61. The first-order valence-corrected chi connectivity index (χ1v) is 6.61. The molecule has 0 spiro atoms. The molecule has 1 atom stereocenters. The molecule has 5 heteroatoms. The summed E-state index contributed by atoms with van der Waals surface area (Å²) in [5, 5.41) is 7.10. The zero-order valence-corrected chi connectivity index (χ0v) is 11.4. The van der Waals surface area contributed by atoms with Gasteiger partial charge in [-0.15, -0.1) is 0 Å². The molecule has 3 N–H and O–H groups in total. The summed E-state index contributed by atoms with van der Waals surface area (Å²) in [4.78, 5) is 11.7. The highest BCUT2D eigenvalue weighted by atomic mass is 16.1. The number of hydrogen-bond donors (Lipinski definition) is 2. The highest BCUT2D eigenvalue weighted by Crippen LogP contribution is 2.14. The van der Waals surface area contributed by atoms with Gasteiger partial charge in [0.1, 0.15) is 0 Å². The van der Waals surface area contributed by atoms with Gasteiger partial charge in [-0.2, -0.15) is 5.10 Å². The number of carbonyl (C=O) groups is 1. The van der Waals surface area contributed by atoms with Crippen molar-refractivity contribution < 1.29 is 4.79 Å². The average Bonchev–Trinajstić information content (AvgIpc) is 2.77. The minimum absolute atomic E-state index is 0.0936. The second kappa shape index (κ2) is 7.87. The lowest BCUT2D eigenvalue weighted by molar-refractivity contribution is -0.121. The van der Waals surface area contributed by atoms with Crippen LogP contribution in [0.25, 0.3) is 0 Å². The molecular weight excluding hydrogens is 228 g/mol. The molecule has 0 radical (unpaired) electrons. The van der Waals surface area contributed by atoms with Crippen LogP contribution in [-0.2, 0) is 18.4 Å². The number of carbonyl (C=O) groups excluding carboxylic acids is 1. The third-order valence-corrected chi connectivity index (χ3v) is 3.17. The van der Waals surface area contributed by atoms with Crippen molar-refractivity contribution in [1.29, 1.82) is 0 Å². The molecule has 1 amide bonds. The van der Waals surface area contributed by atoms with Crippen LogP contribution in [0.3, 0.4) is 0 Å². The van der Waals surface area contributed by atoms with Gasteiger partial charge in [0.15, 0.2) is 0 Å². The standard InChI is InChI=1S/C13H24N4O/c1-3-11(6-8-14)4-5-13(18)15-10-12-7-9-17(2)16-12/h7,9,11H,3-6,8,10,14H2,1-2H3,(H,15,18). The molecule has 1 unspecified atom stereocenters. The third-order valence-electron chi connectivity index (χ3n) is 3.17. The maximum Gasteiger partial charge on any atom is 0.220 e. The van der Waals surface area contributed by atoms with Crippen molar-refractivity contribution in [3.8, 4) is 0 Å². The number of rotatable bonds is 8. The zero-order valence-electron chi connectivity index (χ0n) is 11.4. The minimum Gasteiger partial charge on any atom is -0.350 e. The monoisotopic (exact) mass is 252 g/mol. The van der Waals surface area contributed by atoms with Gasteiger partial charge in [0.25, 0.3) is 0 Å². The van der Waals surface area contributed by atoms with Crippen molar-refractivity contribution in [2.75, 3.05) is 6.54 Å². The number of nitrogens with zero attached hydrogens (tertiary/aromatic N) is 2. The predicted octanol–water partition coefficient (Wildman–Crippen LogP) is 1.19. The summed E-state index contributed by atoms with van der Waals surface area (Å²) < 4.78 is 1.73. The van der Waals surface area contributed by atoms with Crippen LogP contribution in [-0.4, -0.2) is 22.2 Å². The largest absolute Gasteiger partial charge is 0.350 e. The average molecular weight is 252 g/mol. The molecule has 0 bridgehead atoms. The lowest BCUT2D eigenvalue weighted by Gasteiger charge is -2.12. The summed E-state index contributed by atoms with van der Waals surface area (Å²) in [5.41, 5.74) is 6.43. The van der Waals surface area contributed by atoms with E-state index in [0.717, 1.165) is 25.0 Å². The molecule has 0 aliphatic heterocycles.